The highest BCUT2D eigenvalue weighted by atomic mass is 16.5. The van der Waals surface area contributed by atoms with Crippen LogP contribution in [0.2, 0.25) is 0 Å². The average Bonchev–Trinajstić information content (AvgIpc) is 2.63. The van der Waals surface area contributed by atoms with Crippen molar-refractivity contribution in [2.24, 2.45) is 0 Å². The molecule has 130 valence electrons. The number of hydrogen-bond donors (Lipinski definition) is 0. The molecule has 0 amide bonds. The van der Waals surface area contributed by atoms with Crippen molar-refractivity contribution in [3.8, 4) is 17.3 Å². The number of hydrogen-bond acceptors (Lipinski definition) is 4. The fourth-order valence-corrected chi connectivity index (χ4v) is 2.53. The monoisotopic (exact) mass is 327 g/mol. The summed E-state index contributed by atoms with van der Waals surface area (Å²) in [6, 6.07) is 4.13. The summed E-state index contributed by atoms with van der Waals surface area (Å²) in [5.74, 6) is 1.37. The second-order valence-electron chi connectivity index (χ2n) is 6.16. The summed E-state index contributed by atoms with van der Waals surface area (Å²) in [4.78, 5) is 13.2. The molecule has 0 bridgehead atoms. The highest BCUT2D eigenvalue weighted by Crippen LogP contribution is 2.16. The summed E-state index contributed by atoms with van der Waals surface area (Å²) in [5, 5.41) is 0. The quantitative estimate of drug-likeness (QED) is 0.530. The topological polar surface area (TPSA) is 47.9 Å². The number of rotatable bonds is 11. The van der Waals surface area contributed by atoms with E-state index in [1.54, 1.807) is 12.4 Å². The first kappa shape index (κ1) is 18.4. The summed E-state index contributed by atoms with van der Waals surface area (Å²) in [6.07, 6.45) is 15.0. The number of aromatic nitrogens is 3. The van der Waals surface area contributed by atoms with E-state index in [0.29, 0.717) is 5.82 Å². The molecule has 0 fully saturated rings. The molecule has 0 N–H and O–H groups in total. The van der Waals surface area contributed by atoms with Crippen LogP contribution in [0.5, 0.6) is 5.75 Å². The molecule has 4 heteroatoms. The summed E-state index contributed by atoms with van der Waals surface area (Å²) in [7, 11) is 0. The zero-order chi connectivity index (χ0) is 17.0. The highest BCUT2D eigenvalue weighted by Gasteiger charge is 2.04. The molecule has 0 saturated carbocycles. The van der Waals surface area contributed by atoms with Crippen LogP contribution in [0.4, 0.5) is 0 Å². The van der Waals surface area contributed by atoms with E-state index in [1.165, 1.54) is 44.1 Å². The maximum absolute atomic E-state index is 5.67. The Balaban J connectivity index is 1.83. The van der Waals surface area contributed by atoms with E-state index in [4.69, 9.17) is 4.74 Å². The normalized spacial score (nSPS) is 10.8. The van der Waals surface area contributed by atoms with Crippen LogP contribution < -0.4 is 4.74 Å². The zero-order valence-corrected chi connectivity index (χ0v) is 15.0. The molecule has 0 aromatic carbocycles. The molecule has 0 saturated heterocycles. The van der Waals surface area contributed by atoms with Gasteiger partial charge < -0.3 is 4.74 Å². The molecule has 0 atom stereocenters. The summed E-state index contributed by atoms with van der Waals surface area (Å²) in [5.41, 5.74) is 2.09. The molecule has 0 spiro atoms. The van der Waals surface area contributed by atoms with Gasteiger partial charge in [0.2, 0.25) is 0 Å². The number of pyridine rings is 1. The van der Waals surface area contributed by atoms with Crippen molar-refractivity contribution in [3.63, 3.8) is 0 Å². The first-order valence-electron chi connectivity index (χ1n) is 9.23. The number of nitrogens with zero attached hydrogens (tertiary/aromatic N) is 3. The lowest BCUT2D eigenvalue weighted by molar-refractivity contribution is 0.303. The first-order chi connectivity index (χ1) is 11.8. The van der Waals surface area contributed by atoms with Crippen molar-refractivity contribution in [2.45, 2.75) is 65.2 Å². The molecule has 2 aromatic heterocycles. The van der Waals surface area contributed by atoms with E-state index in [2.05, 4.69) is 34.9 Å². The molecule has 2 aromatic rings. The molecule has 2 heterocycles. The van der Waals surface area contributed by atoms with Crippen LogP contribution in [0.1, 0.15) is 64.4 Å². The smallest absolute Gasteiger partial charge is 0.178 e. The maximum Gasteiger partial charge on any atom is 0.178 e. The van der Waals surface area contributed by atoms with E-state index >= 15 is 0 Å². The van der Waals surface area contributed by atoms with Gasteiger partial charge in [-0.3, -0.25) is 4.98 Å². The van der Waals surface area contributed by atoms with E-state index in [9.17, 15) is 0 Å². The molecule has 0 radical (unpaired) electrons. The molecule has 2 rings (SSSR count). The minimum absolute atomic E-state index is 0.647. The van der Waals surface area contributed by atoms with Gasteiger partial charge in [-0.2, -0.15) is 0 Å². The second kappa shape index (κ2) is 10.7. The van der Waals surface area contributed by atoms with Gasteiger partial charge in [0.05, 0.1) is 19.0 Å². The summed E-state index contributed by atoms with van der Waals surface area (Å²) in [6.45, 7) is 5.16. The Labute approximate surface area is 145 Å². The lowest BCUT2D eigenvalue weighted by atomic mass is 10.1. The van der Waals surface area contributed by atoms with Gasteiger partial charge in [0.1, 0.15) is 5.69 Å². The largest absolute Gasteiger partial charge is 0.490 e. The van der Waals surface area contributed by atoms with E-state index in [0.717, 1.165) is 30.9 Å². The SMILES string of the molecule is CCCCCCOc1cnc(-c2ccc(CCCCC)cn2)nc1. The Morgan fingerprint density at radius 3 is 2.21 bits per heavy atom. The van der Waals surface area contributed by atoms with Crippen LogP contribution in [-0.4, -0.2) is 21.6 Å². The van der Waals surface area contributed by atoms with Gasteiger partial charge in [-0.25, -0.2) is 9.97 Å². The van der Waals surface area contributed by atoms with Crippen LogP contribution in [-0.2, 0) is 6.42 Å². The van der Waals surface area contributed by atoms with Gasteiger partial charge in [-0.15, -0.1) is 0 Å². The fourth-order valence-electron chi connectivity index (χ4n) is 2.53. The summed E-state index contributed by atoms with van der Waals surface area (Å²) < 4.78 is 5.67. The molecule has 24 heavy (non-hydrogen) atoms. The Morgan fingerprint density at radius 2 is 1.54 bits per heavy atom. The molecule has 0 unspecified atom stereocenters. The Bertz CT molecular complexity index is 566. The van der Waals surface area contributed by atoms with Crippen LogP contribution in [0, 0.1) is 0 Å². The lowest BCUT2D eigenvalue weighted by Crippen LogP contribution is -1.99. The van der Waals surface area contributed by atoms with Crippen LogP contribution >= 0.6 is 0 Å². The van der Waals surface area contributed by atoms with Crippen molar-refractivity contribution in [1.29, 1.82) is 0 Å². The Kier molecular flexibility index (Phi) is 8.22. The van der Waals surface area contributed by atoms with Crippen molar-refractivity contribution >= 4 is 0 Å². The number of unbranched alkanes of at least 4 members (excludes halogenated alkanes) is 5. The standard InChI is InChI=1S/C20H29N3O/c1-3-5-7-9-13-24-18-15-22-20(23-16-18)19-12-11-17(14-21-19)10-8-6-4-2/h11-12,14-16H,3-10,13H2,1-2H3. The number of ether oxygens (including phenoxy) is 1. The molecule has 4 nitrogen and oxygen atoms in total. The van der Waals surface area contributed by atoms with Crippen LogP contribution in [0.15, 0.2) is 30.7 Å². The number of aryl methyl sites for hydroxylation is 1. The third-order valence-electron chi connectivity index (χ3n) is 4.02. The van der Waals surface area contributed by atoms with Crippen LogP contribution in [0.3, 0.4) is 0 Å². The second-order valence-corrected chi connectivity index (χ2v) is 6.16. The van der Waals surface area contributed by atoms with Gasteiger partial charge in [0.15, 0.2) is 11.6 Å². The molecular weight excluding hydrogens is 298 g/mol. The van der Waals surface area contributed by atoms with Gasteiger partial charge >= 0.3 is 0 Å². The minimum atomic E-state index is 0.647. The van der Waals surface area contributed by atoms with Gasteiger partial charge in [-0.05, 0) is 30.9 Å². The predicted molar refractivity (Wildman–Crippen MR) is 98.1 cm³/mol. The van der Waals surface area contributed by atoms with Gasteiger partial charge in [0, 0.05) is 6.20 Å². The third kappa shape index (κ3) is 6.26. The van der Waals surface area contributed by atoms with E-state index < -0.39 is 0 Å². The molecule has 0 aliphatic rings. The van der Waals surface area contributed by atoms with Crippen molar-refractivity contribution in [3.05, 3.63) is 36.3 Å². The average molecular weight is 327 g/mol. The van der Waals surface area contributed by atoms with Crippen molar-refractivity contribution in [1.82, 2.24) is 15.0 Å². The highest BCUT2D eigenvalue weighted by molar-refractivity contribution is 5.49. The van der Waals surface area contributed by atoms with Gasteiger partial charge in [0.25, 0.3) is 0 Å². The van der Waals surface area contributed by atoms with Gasteiger partial charge in [-0.1, -0.05) is 52.0 Å². The molecule has 0 aliphatic carbocycles. The Morgan fingerprint density at radius 1 is 0.792 bits per heavy atom. The Hall–Kier alpha value is -1.97. The minimum Gasteiger partial charge on any atom is -0.490 e. The molecule has 0 aliphatic heterocycles. The fraction of sp³-hybridized carbons (Fsp3) is 0.550. The third-order valence-corrected chi connectivity index (χ3v) is 4.02. The maximum atomic E-state index is 5.67. The van der Waals surface area contributed by atoms with Crippen molar-refractivity contribution < 1.29 is 4.74 Å². The molecular formula is C20H29N3O. The lowest BCUT2D eigenvalue weighted by Gasteiger charge is -2.06. The van der Waals surface area contributed by atoms with Crippen LogP contribution in [0.25, 0.3) is 11.5 Å². The van der Waals surface area contributed by atoms with E-state index in [1.807, 2.05) is 12.3 Å². The predicted octanol–water partition coefficient (Wildman–Crippen LogP) is 5.23. The summed E-state index contributed by atoms with van der Waals surface area (Å²) >= 11 is 0. The van der Waals surface area contributed by atoms with Crippen molar-refractivity contribution in [2.75, 3.05) is 6.61 Å². The zero-order valence-electron chi connectivity index (χ0n) is 15.0. The van der Waals surface area contributed by atoms with E-state index in [-0.39, 0.29) is 0 Å². The first-order valence-corrected chi connectivity index (χ1v) is 9.23.